The standard InChI is InChI=1S/C15H24N4O/c1-2-8-19-9-5-12(6-10-19)11-14-17-15(20-18-14)13-4-3-7-16-13/h3-4,12-13,16H,2,5-11H2,1H3/t13-/m1/s1. The van der Waals surface area contributed by atoms with Crippen LogP contribution < -0.4 is 5.32 Å². The Morgan fingerprint density at radius 2 is 2.25 bits per heavy atom. The Kier molecular flexibility index (Phi) is 4.47. The van der Waals surface area contributed by atoms with E-state index in [4.69, 9.17) is 4.52 Å². The summed E-state index contributed by atoms with van der Waals surface area (Å²) in [5, 5.41) is 7.43. The zero-order valence-electron chi connectivity index (χ0n) is 12.2. The van der Waals surface area contributed by atoms with E-state index in [1.165, 1.54) is 38.9 Å². The molecule has 0 aromatic carbocycles. The fraction of sp³-hybridized carbons (Fsp3) is 0.733. The highest BCUT2D eigenvalue weighted by molar-refractivity contribution is 5.10. The second-order valence-corrected chi connectivity index (χ2v) is 5.85. The zero-order valence-corrected chi connectivity index (χ0v) is 12.2. The average molecular weight is 276 g/mol. The molecule has 1 aromatic rings. The van der Waals surface area contributed by atoms with Crippen molar-refractivity contribution in [3.8, 4) is 0 Å². The Bertz CT molecular complexity index is 448. The van der Waals surface area contributed by atoms with Crippen molar-refractivity contribution in [2.75, 3.05) is 26.2 Å². The fourth-order valence-corrected chi connectivity index (χ4v) is 3.10. The first-order chi connectivity index (χ1) is 9.85. The SMILES string of the molecule is CCCN1CCC(Cc2noc([C@H]3C=CCN3)n2)CC1. The molecule has 5 nitrogen and oxygen atoms in total. The molecular weight excluding hydrogens is 252 g/mol. The quantitative estimate of drug-likeness (QED) is 0.833. The van der Waals surface area contributed by atoms with Crippen molar-refractivity contribution in [3.05, 3.63) is 23.9 Å². The lowest BCUT2D eigenvalue weighted by molar-refractivity contribution is 0.182. The molecule has 2 aliphatic heterocycles. The van der Waals surface area contributed by atoms with Crippen LogP contribution >= 0.6 is 0 Å². The van der Waals surface area contributed by atoms with Crippen molar-refractivity contribution in [1.29, 1.82) is 0 Å². The van der Waals surface area contributed by atoms with E-state index in [1.807, 2.05) is 0 Å². The van der Waals surface area contributed by atoms with Gasteiger partial charge in [0, 0.05) is 13.0 Å². The van der Waals surface area contributed by atoms with Gasteiger partial charge in [-0.25, -0.2) is 0 Å². The Hall–Kier alpha value is -1.20. The van der Waals surface area contributed by atoms with Crippen molar-refractivity contribution in [3.63, 3.8) is 0 Å². The lowest BCUT2D eigenvalue weighted by atomic mass is 9.93. The number of rotatable bonds is 5. The number of hydrogen-bond acceptors (Lipinski definition) is 5. The van der Waals surface area contributed by atoms with E-state index in [-0.39, 0.29) is 6.04 Å². The number of likely N-dealkylation sites (tertiary alicyclic amines) is 1. The molecular formula is C15H24N4O. The number of aromatic nitrogens is 2. The molecule has 5 heteroatoms. The van der Waals surface area contributed by atoms with Crippen LogP contribution in [0.5, 0.6) is 0 Å². The van der Waals surface area contributed by atoms with Crippen LogP contribution in [0, 0.1) is 5.92 Å². The van der Waals surface area contributed by atoms with Crippen LogP contribution in [0.3, 0.4) is 0 Å². The summed E-state index contributed by atoms with van der Waals surface area (Å²) in [6, 6.07) is 0.114. The van der Waals surface area contributed by atoms with Gasteiger partial charge in [-0.05, 0) is 44.8 Å². The van der Waals surface area contributed by atoms with Gasteiger partial charge in [0.15, 0.2) is 5.82 Å². The van der Waals surface area contributed by atoms with Crippen LogP contribution in [0.15, 0.2) is 16.7 Å². The molecule has 20 heavy (non-hydrogen) atoms. The number of piperidine rings is 1. The van der Waals surface area contributed by atoms with Gasteiger partial charge in [-0.3, -0.25) is 5.32 Å². The molecule has 0 bridgehead atoms. The maximum absolute atomic E-state index is 5.36. The predicted octanol–water partition coefficient (Wildman–Crippen LogP) is 1.93. The van der Waals surface area contributed by atoms with Gasteiger partial charge in [0.05, 0.1) is 0 Å². The molecule has 0 radical (unpaired) electrons. The largest absolute Gasteiger partial charge is 0.337 e. The summed E-state index contributed by atoms with van der Waals surface area (Å²) in [4.78, 5) is 7.10. The summed E-state index contributed by atoms with van der Waals surface area (Å²) in [6.07, 6.45) is 8.90. The van der Waals surface area contributed by atoms with Crippen LogP contribution in [0.4, 0.5) is 0 Å². The van der Waals surface area contributed by atoms with Crippen LogP contribution in [0.2, 0.25) is 0 Å². The van der Waals surface area contributed by atoms with E-state index >= 15 is 0 Å². The molecule has 3 heterocycles. The third kappa shape index (κ3) is 3.27. The van der Waals surface area contributed by atoms with Crippen molar-refractivity contribution in [1.82, 2.24) is 20.4 Å². The Balaban J connectivity index is 1.50. The maximum atomic E-state index is 5.36. The summed E-state index contributed by atoms with van der Waals surface area (Å²) in [6.45, 7) is 6.81. The molecule has 0 saturated carbocycles. The molecule has 2 aliphatic rings. The average Bonchev–Trinajstić information content (AvgIpc) is 3.12. The summed E-state index contributed by atoms with van der Waals surface area (Å²) >= 11 is 0. The van der Waals surface area contributed by atoms with Crippen LogP contribution in [0.25, 0.3) is 0 Å². The van der Waals surface area contributed by atoms with Gasteiger partial charge in [0.2, 0.25) is 5.89 Å². The summed E-state index contributed by atoms with van der Waals surface area (Å²) < 4.78 is 5.36. The maximum Gasteiger partial charge on any atom is 0.247 e. The minimum atomic E-state index is 0.114. The van der Waals surface area contributed by atoms with E-state index in [0.29, 0.717) is 11.8 Å². The number of nitrogens with one attached hydrogen (secondary N) is 1. The van der Waals surface area contributed by atoms with Gasteiger partial charge >= 0.3 is 0 Å². The number of hydrogen-bond donors (Lipinski definition) is 1. The molecule has 0 unspecified atom stereocenters. The van der Waals surface area contributed by atoms with Crippen LogP contribution in [-0.4, -0.2) is 41.2 Å². The summed E-state index contributed by atoms with van der Waals surface area (Å²) in [7, 11) is 0. The molecule has 1 saturated heterocycles. The second kappa shape index (κ2) is 6.50. The lowest BCUT2D eigenvalue weighted by Crippen LogP contribution is -2.34. The van der Waals surface area contributed by atoms with Crippen molar-refractivity contribution < 1.29 is 4.52 Å². The smallest absolute Gasteiger partial charge is 0.247 e. The highest BCUT2D eigenvalue weighted by Gasteiger charge is 2.23. The fourth-order valence-electron chi connectivity index (χ4n) is 3.10. The van der Waals surface area contributed by atoms with Gasteiger partial charge < -0.3 is 9.42 Å². The minimum absolute atomic E-state index is 0.114. The van der Waals surface area contributed by atoms with E-state index in [9.17, 15) is 0 Å². The van der Waals surface area contributed by atoms with Crippen molar-refractivity contribution >= 4 is 0 Å². The minimum Gasteiger partial charge on any atom is -0.337 e. The first kappa shape index (κ1) is 13.8. The second-order valence-electron chi connectivity index (χ2n) is 5.85. The predicted molar refractivity (Wildman–Crippen MR) is 77.3 cm³/mol. The summed E-state index contributed by atoms with van der Waals surface area (Å²) in [5.74, 6) is 2.29. The van der Waals surface area contributed by atoms with Crippen LogP contribution in [0.1, 0.15) is 43.9 Å². The van der Waals surface area contributed by atoms with E-state index in [1.54, 1.807) is 0 Å². The molecule has 3 rings (SSSR count). The summed E-state index contributed by atoms with van der Waals surface area (Å²) in [5.41, 5.74) is 0. The van der Waals surface area contributed by atoms with Crippen molar-refractivity contribution in [2.24, 2.45) is 5.92 Å². The van der Waals surface area contributed by atoms with Gasteiger partial charge in [0.1, 0.15) is 6.04 Å². The van der Waals surface area contributed by atoms with Gasteiger partial charge in [0.25, 0.3) is 0 Å². The highest BCUT2D eigenvalue weighted by atomic mass is 16.5. The lowest BCUT2D eigenvalue weighted by Gasteiger charge is -2.31. The highest BCUT2D eigenvalue weighted by Crippen LogP contribution is 2.22. The van der Waals surface area contributed by atoms with E-state index in [0.717, 1.165) is 18.8 Å². The topological polar surface area (TPSA) is 54.2 Å². The normalized spacial score (nSPS) is 24.6. The number of nitrogens with zero attached hydrogens (tertiary/aromatic N) is 3. The third-order valence-electron chi connectivity index (χ3n) is 4.25. The monoisotopic (exact) mass is 276 g/mol. The van der Waals surface area contributed by atoms with Crippen LogP contribution in [-0.2, 0) is 6.42 Å². The first-order valence-corrected chi connectivity index (χ1v) is 7.80. The van der Waals surface area contributed by atoms with E-state index < -0.39 is 0 Å². The first-order valence-electron chi connectivity index (χ1n) is 7.80. The van der Waals surface area contributed by atoms with Gasteiger partial charge in [-0.1, -0.05) is 24.2 Å². The molecule has 1 atom stereocenters. The van der Waals surface area contributed by atoms with E-state index in [2.05, 4.69) is 39.4 Å². The van der Waals surface area contributed by atoms with Crippen molar-refractivity contribution in [2.45, 2.75) is 38.6 Å². The molecule has 110 valence electrons. The molecule has 1 N–H and O–H groups in total. The van der Waals surface area contributed by atoms with Gasteiger partial charge in [-0.2, -0.15) is 4.98 Å². The molecule has 0 amide bonds. The van der Waals surface area contributed by atoms with Gasteiger partial charge in [-0.15, -0.1) is 0 Å². The molecule has 0 spiro atoms. The molecule has 1 aromatic heterocycles. The Labute approximate surface area is 120 Å². The third-order valence-corrected chi connectivity index (χ3v) is 4.25. The molecule has 1 fully saturated rings. The Morgan fingerprint density at radius 3 is 2.95 bits per heavy atom. The molecule has 0 aliphatic carbocycles. The zero-order chi connectivity index (χ0) is 13.8. The Morgan fingerprint density at radius 1 is 1.40 bits per heavy atom.